The summed E-state index contributed by atoms with van der Waals surface area (Å²) in [5.74, 6) is 0.0000831. The molecule has 0 heterocycles. The molecule has 3 heteroatoms. The third-order valence-electron chi connectivity index (χ3n) is 1.42. The number of nitrogens with zero attached hydrogens (tertiary/aromatic N) is 1. The van der Waals surface area contributed by atoms with E-state index in [-0.39, 0.29) is 11.8 Å². The molecule has 1 aliphatic carbocycles. The minimum absolute atomic E-state index is 0.0000831. The number of ketones is 1. The van der Waals surface area contributed by atoms with E-state index in [1.165, 1.54) is 18.4 Å². The Morgan fingerprint density at radius 3 is 3.08 bits per heavy atom. The Hall–Kier alpha value is -1.82. The van der Waals surface area contributed by atoms with Crippen molar-refractivity contribution in [2.75, 3.05) is 0 Å². The minimum Gasteiger partial charge on any atom is -0.377 e. The Morgan fingerprint density at radius 1 is 1.58 bits per heavy atom. The maximum atomic E-state index is 11.1. The summed E-state index contributed by atoms with van der Waals surface area (Å²) in [6.45, 7) is 0. The molecule has 0 spiro atoms. The quantitative estimate of drug-likeness (QED) is 0.604. The van der Waals surface area contributed by atoms with Gasteiger partial charge in [0, 0.05) is 12.3 Å². The molecule has 1 unspecified atom stereocenters. The smallest absolute Gasteiger partial charge is 0.181 e. The van der Waals surface area contributed by atoms with Gasteiger partial charge in [0.05, 0.1) is 6.07 Å². The van der Waals surface area contributed by atoms with Crippen LogP contribution in [-0.4, -0.2) is 11.8 Å². The van der Waals surface area contributed by atoms with E-state index < -0.39 is 0 Å². The molecule has 0 aliphatic heterocycles. The summed E-state index contributed by atoms with van der Waals surface area (Å²) in [4.78, 5) is 11.1. The molecule has 0 radical (unpaired) electrons. The maximum absolute atomic E-state index is 11.1. The highest BCUT2D eigenvalue weighted by Gasteiger charge is 2.11. The number of carbonyl (C=O) groups excluding carboxylic acids is 1. The Bertz CT molecular complexity index is 294. The zero-order valence-corrected chi connectivity index (χ0v) is 6.40. The third kappa shape index (κ3) is 2.10. The summed E-state index contributed by atoms with van der Waals surface area (Å²) < 4.78 is 0. The van der Waals surface area contributed by atoms with Gasteiger partial charge in [-0.15, -0.1) is 0 Å². The van der Waals surface area contributed by atoms with E-state index in [2.05, 4.69) is 5.32 Å². The predicted molar refractivity (Wildman–Crippen MR) is 45.0 cm³/mol. The van der Waals surface area contributed by atoms with Crippen molar-refractivity contribution < 1.29 is 4.79 Å². The maximum Gasteiger partial charge on any atom is 0.181 e. The fourth-order valence-corrected chi connectivity index (χ4v) is 0.851. The number of carbonyl (C=O) groups is 1. The van der Waals surface area contributed by atoms with Gasteiger partial charge in [-0.25, -0.2) is 0 Å². The predicted octanol–water partition coefficient (Wildman–Crippen LogP) is 0.677. The molecule has 3 nitrogen and oxygen atoms in total. The molecule has 1 rings (SSSR count). The summed E-state index contributed by atoms with van der Waals surface area (Å²) in [6, 6.07) is 1.51. The number of hydrogen-bond acceptors (Lipinski definition) is 3. The van der Waals surface area contributed by atoms with Gasteiger partial charge in [-0.3, -0.25) is 4.79 Å². The first-order chi connectivity index (χ1) is 5.84. The van der Waals surface area contributed by atoms with Crippen LogP contribution in [0.15, 0.2) is 36.6 Å². The van der Waals surface area contributed by atoms with Crippen molar-refractivity contribution in [1.29, 1.82) is 5.26 Å². The van der Waals surface area contributed by atoms with E-state index in [1.54, 1.807) is 18.2 Å². The van der Waals surface area contributed by atoms with Crippen LogP contribution in [0.25, 0.3) is 0 Å². The van der Waals surface area contributed by atoms with Crippen molar-refractivity contribution in [3.63, 3.8) is 0 Å². The molecule has 0 saturated carbocycles. The summed E-state index contributed by atoms with van der Waals surface area (Å²) in [5.41, 5.74) is 0. The molecular formula is C9H8N2O. The van der Waals surface area contributed by atoms with E-state index in [0.29, 0.717) is 0 Å². The molecule has 0 fully saturated rings. The standard InChI is InChI=1S/C9H8N2O/c10-6-3-7-11-8-4-1-2-5-9(8)12/h1-5,7-8,11H. The first-order valence-corrected chi connectivity index (χ1v) is 3.54. The molecule has 0 aromatic carbocycles. The van der Waals surface area contributed by atoms with Crippen LogP contribution in [0, 0.1) is 11.3 Å². The van der Waals surface area contributed by atoms with Crippen LogP contribution in [0.2, 0.25) is 0 Å². The molecule has 0 amide bonds. The monoisotopic (exact) mass is 160 g/mol. The molecule has 1 aliphatic rings. The van der Waals surface area contributed by atoms with Gasteiger partial charge in [-0.2, -0.15) is 5.26 Å². The Kier molecular flexibility index (Phi) is 2.86. The van der Waals surface area contributed by atoms with Crippen LogP contribution >= 0.6 is 0 Å². The second kappa shape index (κ2) is 4.14. The van der Waals surface area contributed by atoms with Gasteiger partial charge in [-0.05, 0) is 6.08 Å². The van der Waals surface area contributed by atoms with Crippen LogP contribution in [0.5, 0.6) is 0 Å². The van der Waals surface area contributed by atoms with Crippen LogP contribution in [-0.2, 0) is 4.79 Å². The molecule has 60 valence electrons. The lowest BCUT2D eigenvalue weighted by Crippen LogP contribution is -2.30. The zero-order valence-electron chi connectivity index (χ0n) is 6.40. The van der Waals surface area contributed by atoms with Gasteiger partial charge in [0.1, 0.15) is 6.04 Å². The van der Waals surface area contributed by atoms with Gasteiger partial charge in [-0.1, -0.05) is 18.2 Å². The second-order valence-corrected chi connectivity index (χ2v) is 2.25. The number of nitrogens with one attached hydrogen (secondary N) is 1. The zero-order chi connectivity index (χ0) is 8.81. The van der Waals surface area contributed by atoms with Crippen LogP contribution in [0.4, 0.5) is 0 Å². The Labute approximate surface area is 70.7 Å². The van der Waals surface area contributed by atoms with Crippen molar-refractivity contribution in [1.82, 2.24) is 5.32 Å². The fourth-order valence-electron chi connectivity index (χ4n) is 0.851. The summed E-state index contributed by atoms with van der Waals surface area (Å²) in [6.07, 6.45) is 9.47. The van der Waals surface area contributed by atoms with Crippen LogP contribution < -0.4 is 5.32 Å². The lowest BCUT2D eigenvalue weighted by molar-refractivity contribution is -0.115. The lowest BCUT2D eigenvalue weighted by Gasteiger charge is -2.10. The average Bonchev–Trinajstić information content (AvgIpc) is 2.09. The van der Waals surface area contributed by atoms with E-state index in [1.807, 2.05) is 6.07 Å². The summed E-state index contributed by atoms with van der Waals surface area (Å²) >= 11 is 0. The first-order valence-electron chi connectivity index (χ1n) is 3.54. The molecule has 1 N–H and O–H groups in total. The van der Waals surface area contributed by atoms with Gasteiger partial charge in [0.25, 0.3) is 0 Å². The van der Waals surface area contributed by atoms with Crippen molar-refractivity contribution in [2.45, 2.75) is 6.04 Å². The first kappa shape index (κ1) is 8.28. The van der Waals surface area contributed by atoms with E-state index in [4.69, 9.17) is 5.26 Å². The normalized spacial score (nSPS) is 21.2. The number of rotatable bonds is 2. The van der Waals surface area contributed by atoms with Crippen molar-refractivity contribution in [3.8, 4) is 6.07 Å². The fraction of sp³-hybridized carbons (Fsp3) is 0.111. The molecule has 0 aromatic heterocycles. The number of allylic oxidation sites excluding steroid dienone is 3. The van der Waals surface area contributed by atoms with Crippen molar-refractivity contribution in [2.24, 2.45) is 0 Å². The lowest BCUT2D eigenvalue weighted by atomic mass is 10.1. The third-order valence-corrected chi connectivity index (χ3v) is 1.42. The molecule has 0 bridgehead atoms. The SMILES string of the molecule is N#CC=CNC1C=CC=CC1=O. The molecular weight excluding hydrogens is 152 g/mol. The molecule has 12 heavy (non-hydrogen) atoms. The molecule has 1 atom stereocenters. The van der Waals surface area contributed by atoms with Gasteiger partial charge in [0.2, 0.25) is 0 Å². The summed E-state index contributed by atoms with van der Waals surface area (Å²) in [7, 11) is 0. The second-order valence-electron chi connectivity index (χ2n) is 2.25. The highest BCUT2D eigenvalue weighted by molar-refractivity contribution is 5.97. The molecule has 0 saturated heterocycles. The minimum atomic E-state index is -0.320. The number of nitriles is 1. The topological polar surface area (TPSA) is 52.9 Å². The largest absolute Gasteiger partial charge is 0.377 e. The van der Waals surface area contributed by atoms with Crippen molar-refractivity contribution in [3.05, 3.63) is 36.6 Å². The van der Waals surface area contributed by atoms with Crippen LogP contribution in [0.1, 0.15) is 0 Å². The van der Waals surface area contributed by atoms with Crippen molar-refractivity contribution >= 4 is 5.78 Å². The molecule has 0 aromatic rings. The summed E-state index contributed by atoms with van der Waals surface area (Å²) in [5, 5.41) is 10.9. The average molecular weight is 160 g/mol. The van der Waals surface area contributed by atoms with Crippen LogP contribution in [0.3, 0.4) is 0 Å². The van der Waals surface area contributed by atoms with Gasteiger partial charge >= 0.3 is 0 Å². The highest BCUT2D eigenvalue weighted by atomic mass is 16.1. The van der Waals surface area contributed by atoms with E-state index >= 15 is 0 Å². The number of hydrogen-bond donors (Lipinski definition) is 1. The van der Waals surface area contributed by atoms with E-state index in [9.17, 15) is 4.79 Å². The van der Waals surface area contributed by atoms with Gasteiger partial charge < -0.3 is 5.32 Å². The Balaban J connectivity index is 2.49. The Morgan fingerprint density at radius 2 is 2.42 bits per heavy atom. The van der Waals surface area contributed by atoms with Gasteiger partial charge in [0.15, 0.2) is 5.78 Å². The highest BCUT2D eigenvalue weighted by Crippen LogP contribution is 1.98. The van der Waals surface area contributed by atoms with E-state index in [0.717, 1.165) is 0 Å².